The Bertz CT molecular complexity index is 1750. The lowest BCUT2D eigenvalue weighted by Gasteiger charge is -2.44. The molecule has 0 radical (unpaired) electrons. The number of fused-ring (bicyclic) bond motifs is 1. The van der Waals surface area contributed by atoms with Gasteiger partial charge in [0.2, 0.25) is 0 Å². The summed E-state index contributed by atoms with van der Waals surface area (Å²) in [5.41, 5.74) is 6.75. The number of amides is 2. The van der Waals surface area contributed by atoms with Crippen molar-refractivity contribution in [1.29, 1.82) is 0 Å². The molecule has 3 aliphatic heterocycles. The Morgan fingerprint density at radius 2 is 1.81 bits per heavy atom. The van der Waals surface area contributed by atoms with Gasteiger partial charge in [0.1, 0.15) is 17.8 Å². The first-order valence-corrected chi connectivity index (χ1v) is 17.6. The van der Waals surface area contributed by atoms with Crippen molar-refractivity contribution in [1.82, 2.24) is 30.1 Å². The van der Waals surface area contributed by atoms with E-state index in [1.54, 1.807) is 4.90 Å². The summed E-state index contributed by atoms with van der Waals surface area (Å²) in [6, 6.07) is 13.2. The van der Waals surface area contributed by atoms with E-state index in [-0.39, 0.29) is 18.5 Å². The van der Waals surface area contributed by atoms with Crippen LogP contribution in [0.5, 0.6) is 0 Å². The van der Waals surface area contributed by atoms with Crippen LogP contribution in [0.15, 0.2) is 48.8 Å². The number of nitrogens with zero attached hydrogens (tertiary/aromatic N) is 4. The minimum atomic E-state index is -0.558. The first-order chi connectivity index (χ1) is 23.2. The number of urea groups is 1. The van der Waals surface area contributed by atoms with E-state index in [0.29, 0.717) is 46.0 Å². The first kappa shape index (κ1) is 32.7. The van der Waals surface area contributed by atoms with Gasteiger partial charge in [-0.2, -0.15) is 0 Å². The maximum atomic E-state index is 15.1. The van der Waals surface area contributed by atoms with E-state index in [9.17, 15) is 9.90 Å². The number of piperidine rings is 2. The van der Waals surface area contributed by atoms with Crippen LogP contribution in [0.2, 0.25) is 0 Å². The Kier molecular flexibility index (Phi) is 9.24. The fraction of sp³-hybridized carbons (Fsp3) is 0.500. The summed E-state index contributed by atoms with van der Waals surface area (Å²) in [7, 11) is 0. The van der Waals surface area contributed by atoms with Crippen LogP contribution in [0, 0.1) is 30.0 Å². The summed E-state index contributed by atoms with van der Waals surface area (Å²) < 4.78 is 15.1. The Hall–Kier alpha value is -3.86. The van der Waals surface area contributed by atoms with Gasteiger partial charge in [0.15, 0.2) is 0 Å². The fourth-order valence-electron chi connectivity index (χ4n) is 8.11. The number of β-amino-alcohol motifs (C(OH)–C–C–N with tert-alkyl or cyclic N) is 1. The standard InChI is InChI=1S/C38H48FN7O2/c1-24(2)16-28-21-46(22-34(28)47)37(48)44-32-18-29(39)17-30(25(32)3)35-31-19-33(43-36(31)42-23-41-35)27-6-4-26(5-7-27)20-45-14-10-38(11-15-45)8-12-40-13-9-38/h4-7,17-19,23-24,28,34,40,47H,8-16,20-22H2,1-3H3,(H,44,48)(H,41,42,43)/t28-,34-/m1/s1. The zero-order valence-corrected chi connectivity index (χ0v) is 28.4. The van der Waals surface area contributed by atoms with Crippen LogP contribution in [-0.2, 0) is 6.54 Å². The number of aliphatic hydroxyl groups excluding tert-OH is 1. The average Bonchev–Trinajstić information content (AvgIpc) is 3.68. The molecule has 0 aliphatic carbocycles. The molecule has 9 nitrogen and oxygen atoms in total. The van der Waals surface area contributed by atoms with Gasteiger partial charge in [-0.3, -0.25) is 4.90 Å². The van der Waals surface area contributed by atoms with Crippen LogP contribution in [0.25, 0.3) is 33.5 Å². The molecule has 1 spiro atoms. The molecule has 5 heterocycles. The predicted octanol–water partition coefficient (Wildman–Crippen LogP) is 6.58. The highest BCUT2D eigenvalue weighted by molar-refractivity contribution is 5.97. The van der Waals surface area contributed by atoms with Crippen molar-refractivity contribution >= 4 is 22.8 Å². The summed E-state index contributed by atoms with van der Waals surface area (Å²) in [6.07, 6.45) is 6.99. The molecule has 0 unspecified atom stereocenters. The number of anilines is 1. The Morgan fingerprint density at radius 1 is 1.06 bits per heavy atom. The number of H-pyrrole nitrogens is 1. The summed E-state index contributed by atoms with van der Waals surface area (Å²) in [6.45, 7) is 12.4. The highest BCUT2D eigenvalue weighted by Crippen LogP contribution is 2.40. The molecule has 2 aromatic carbocycles. The molecule has 0 saturated carbocycles. The molecule has 48 heavy (non-hydrogen) atoms. The Morgan fingerprint density at radius 3 is 2.54 bits per heavy atom. The molecule has 3 saturated heterocycles. The lowest BCUT2D eigenvalue weighted by atomic mass is 9.71. The van der Waals surface area contributed by atoms with Crippen LogP contribution in [-0.4, -0.2) is 81.3 Å². The second kappa shape index (κ2) is 13.6. The maximum Gasteiger partial charge on any atom is 0.321 e. The number of hydrogen-bond donors (Lipinski definition) is 4. The zero-order valence-electron chi connectivity index (χ0n) is 28.4. The van der Waals surface area contributed by atoms with Crippen molar-refractivity contribution in [2.45, 2.75) is 65.5 Å². The molecule has 2 atom stereocenters. The SMILES string of the molecule is Cc1c(NC(=O)N2C[C@@H](CC(C)C)[C@H](O)C2)cc(F)cc1-c1ncnc2[nH]c(-c3ccc(CN4CCC5(CCNCC5)CC4)cc3)cc12. The van der Waals surface area contributed by atoms with Gasteiger partial charge in [-0.15, -0.1) is 0 Å². The van der Waals surface area contributed by atoms with Crippen molar-refractivity contribution in [2.75, 3.05) is 44.6 Å². The third kappa shape index (κ3) is 6.84. The Labute approximate surface area is 282 Å². The smallest absolute Gasteiger partial charge is 0.321 e. The monoisotopic (exact) mass is 653 g/mol. The number of benzene rings is 2. The third-order valence-electron chi connectivity index (χ3n) is 11.0. The van der Waals surface area contributed by atoms with E-state index in [4.69, 9.17) is 0 Å². The largest absolute Gasteiger partial charge is 0.391 e. The molecule has 4 aromatic rings. The van der Waals surface area contributed by atoms with Gasteiger partial charge in [0.25, 0.3) is 0 Å². The minimum absolute atomic E-state index is 0.0369. The molecule has 10 heteroatoms. The number of rotatable bonds is 7. The number of aliphatic hydroxyl groups is 1. The second-order valence-electron chi connectivity index (χ2n) is 14.8. The number of aromatic nitrogens is 3. The Balaban J connectivity index is 1.06. The van der Waals surface area contributed by atoms with E-state index >= 15 is 4.39 Å². The molecule has 2 amide bonds. The van der Waals surface area contributed by atoms with Gasteiger partial charge in [-0.05, 0) is 111 Å². The zero-order chi connectivity index (χ0) is 33.4. The van der Waals surface area contributed by atoms with Crippen molar-refractivity contribution in [3.05, 3.63) is 65.7 Å². The highest BCUT2D eigenvalue weighted by Gasteiger charge is 2.36. The van der Waals surface area contributed by atoms with Crippen molar-refractivity contribution in [2.24, 2.45) is 17.3 Å². The maximum absolute atomic E-state index is 15.1. The second-order valence-corrected chi connectivity index (χ2v) is 14.8. The molecule has 7 rings (SSSR count). The summed E-state index contributed by atoms with van der Waals surface area (Å²) in [4.78, 5) is 29.9. The third-order valence-corrected chi connectivity index (χ3v) is 11.0. The van der Waals surface area contributed by atoms with Crippen LogP contribution < -0.4 is 10.6 Å². The molecule has 254 valence electrons. The summed E-state index contributed by atoms with van der Waals surface area (Å²) >= 11 is 0. The summed E-state index contributed by atoms with van der Waals surface area (Å²) in [5, 5.41) is 17.7. The molecule has 3 fully saturated rings. The normalized spacial score (nSPS) is 21.4. The number of likely N-dealkylation sites (tertiary alicyclic amines) is 2. The quantitative estimate of drug-likeness (QED) is 0.180. The van der Waals surface area contributed by atoms with E-state index in [1.165, 1.54) is 49.7 Å². The van der Waals surface area contributed by atoms with Crippen molar-refractivity contribution in [3.8, 4) is 22.5 Å². The topological polar surface area (TPSA) is 109 Å². The van der Waals surface area contributed by atoms with Crippen LogP contribution >= 0.6 is 0 Å². The molecular weight excluding hydrogens is 605 g/mol. The van der Waals surface area contributed by atoms with Gasteiger partial charge in [-0.1, -0.05) is 38.1 Å². The number of carbonyl (C=O) groups is 1. The molecule has 2 aromatic heterocycles. The van der Waals surface area contributed by atoms with Gasteiger partial charge >= 0.3 is 6.03 Å². The van der Waals surface area contributed by atoms with E-state index in [2.05, 4.69) is 68.6 Å². The van der Waals surface area contributed by atoms with Crippen LogP contribution in [0.4, 0.5) is 14.9 Å². The van der Waals surface area contributed by atoms with Crippen LogP contribution in [0.3, 0.4) is 0 Å². The first-order valence-electron chi connectivity index (χ1n) is 17.6. The van der Waals surface area contributed by atoms with Gasteiger partial charge in [0, 0.05) is 47.9 Å². The predicted molar refractivity (Wildman–Crippen MR) is 188 cm³/mol. The molecule has 0 bridgehead atoms. The number of aromatic amines is 1. The average molecular weight is 654 g/mol. The molecular formula is C38H48FN7O2. The molecule has 4 N–H and O–H groups in total. The van der Waals surface area contributed by atoms with Gasteiger partial charge < -0.3 is 25.6 Å². The van der Waals surface area contributed by atoms with Crippen molar-refractivity contribution < 1.29 is 14.3 Å². The summed E-state index contributed by atoms with van der Waals surface area (Å²) in [5.74, 6) is -0.00627. The lowest BCUT2D eigenvalue weighted by molar-refractivity contribution is 0.0701. The molecule has 3 aliphatic rings. The van der Waals surface area contributed by atoms with Crippen molar-refractivity contribution in [3.63, 3.8) is 0 Å². The van der Waals surface area contributed by atoms with Gasteiger partial charge in [0.05, 0.1) is 11.8 Å². The van der Waals surface area contributed by atoms with E-state index in [1.807, 2.05) is 13.0 Å². The number of nitrogens with one attached hydrogen (secondary N) is 3. The number of halogens is 1. The number of carbonyl (C=O) groups excluding carboxylic acids is 1. The highest BCUT2D eigenvalue weighted by atomic mass is 19.1. The van der Waals surface area contributed by atoms with E-state index < -0.39 is 11.9 Å². The lowest BCUT2D eigenvalue weighted by Crippen LogP contribution is -2.45. The fourth-order valence-corrected chi connectivity index (χ4v) is 8.11. The van der Waals surface area contributed by atoms with Gasteiger partial charge in [-0.25, -0.2) is 19.2 Å². The minimum Gasteiger partial charge on any atom is -0.391 e. The van der Waals surface area contributed by atoms with Crippen LogP contribution in [0.1, 0.15) is 57.1 Å². The van der Waals surface area contributed by atoms with E-state index in [0.717, 1.165) is 55.8 Å². The number of hydrogen-bond acceptors (Lipinski definition) is 6.